The normalized spacial score (nSPS) is 10.9. The van der Waals surface area contributed by atoms with Crippen LogP contribution in [0.2, 0.25) is 0 Å². The highest BCUT2D eigenvalue weighted by atomic mass is 16.4. The van der Waals surface area contributed by atoms with Crippen LogP contribution in [0.25, 0.3) is 0 Å². The number of urea groups is 1. The van der Waals surface area contributed by atoms with Gasteiger partial charge in [-0.1, -0.05) is 18.2 Å². The van der Waals surface area contributed by atoms with Crippen molar-refractivity contribution >= 4 is 17.7 Å². The number of carbonyl (C=O) groups excluding carboxylic acids is 1. The van der Waals surface area contributed by atoms with E-state index in [0.717, 1.165) is 5.69 Å². The number of amides is 2. The fourth-order valence-corrected chi connectivity index (χ4v) is 1.52. The third-order valence-corrected chi connectivity index (χ3v) is 2.89. The van der Waals surface area contributed by atoms with Crippen molar-refractivity contribution in [3.05, 3.63) is 30.3 Å². The second-order valence-electron chi connectivity index (χ2n) is 4.93. The Kier molecular flexibility index (Phi) is 4.92. The van der Waals surface area contributed by atoms with E-state index in [4.69, 9.17) is 5.11 Å². The Morgan fingerprint density at radius 2 is 1.84 bits per heavy atom. The van der Waals surface area contributed by atoms with Crippen LogP contribution in [-0.2, 0) is 4.79 Å². The van der Waals surface area contributed by atoms with Crippen molar-refractivity contribution in [1.82, 2.24) is 5.32 Å². The summed E-state index contributed by atoms with van der Waals surface area (Å²) in [4.78, 5) is 24.6. The van der Waals surface area contributed by atoms with E-state index >= 15 is 0 Å². The topological polar surface area (TPSA) is 69.6 Å². The average molecular weight is 264 g/mol. The van der Waals surface area contributed by atoms with Gasteiger partial charge in [-0.05, 0) is 32.9 Å². The second-order valence-corrected chi connectivity index (χ2v) is 4.93. The van der Waals surface area contributed by atoms with Gasteiger partial charge in [0.25, 0.3) is 0 Å². The highest BCUT2D eigenvalue weighted by molar-refractivity contribution is 5.92. The molecule has 0 saturated heterocycles. The highest BCUT2D eigenvalue weighted by Gasteiger charge is 2.28. The molecule has 0 aliphatic carbocycles. The quantitative estimate of drug-likeness (QED) is 0.857. The zero-order valence-corrected chi connectivity index (χ0v) is 11.5. The van der Waals surface area contributed by atoms with Gasteiger partial charge in [0.2, 0.25) is 0 Å². The van der Waals surface area contributed by atoms with Gasteiger partial charge < -0.3 is 10.4 Å². The van der Waals surface area contributed by atoms with Crippen molar-refractivity contribution in [2.45, 2.75) is 20.8 Å². The predicted octanol–water partition coefficient (Wildman–Crippen LogP) is 2.33. The van der Waals surface area contributed by atoms with Gasteiger partial charge in [0.15, 0.2) is 0 Å². The summed E-state index contributed by atoms with van der Waals surface area (Å²) in [7, 11) is 0. The number of nitrogens with one attached hydrogen (secondary N) is 1. The zero-order valence-electron chi connectivity index (χ0n) is 11.5. The first-order valence-corrected chi connectivity index (χ1v) is 6.22. The molecule has 0 saturated carbocycles. The van der Waals surface area contributed by atoms with Gasteiger partial charge in [-0.3, -0.25) is 9.69 Å². The molecule has 0 atom stereocenters. The Bertz CT molecular complexity index is 443. The van der Waals surface area contributed by atoms with Gasteiger partial charge in [0, 0.05) is 18.8 Å². The smallest absolute Gasteiger partial charge is 0.321 e. The molecular formula is C14H20N2O3. The monoisotopic (exact) mass is 264 g/mol. The molecule has 0 aliphatic heterocycles. The van der Waals surface area contributed by atoms with Gasteiger partial charge in [-0.2, -0.15) is 0 Å². The van der Waals surface area contributed by atoms with E-state index in [1.165, 1.54) is 0 Å². The van der Waals surface area contributed by atoms with Crippen LogP contribution < -0.4 is 10.2 Å². The van der Waals surface area contributed by atoms with Crippen LogP contribution in [0.4, 0.5) is 10.5 Å². The number of benzene rings is 1. The molecule has 1 aromatic carbocycles. The third kappa shape index (κ3) is 3.98. The molecule has 0 aromatic heterocycles. The maximum absolute atomic E-state index is 12.1. The molecule has 19 heavy (non-hydrogen) atoms. The molecule has 0 bridgehead atoms. The molecular weight excluding hydrogens is 244 g/mol. The summed E-state index contributed by atoms with van der Waals surface area (Å²) in [6.45, 7) is 5.63. The van der Waals surface area contributed by atoms with E-state index in [0.29, 0.717) is 6.54 Å². The SMILES string of the molecule is CCN(C(=O)NCC(C)(C)C(=O)O)c1ccccc1. The maximum Gasteiger partial charge on any atom is 0.321 e. The van der Waals surface area contributed by atoms with Crippen molar-refractivity contribution in [3.63, 3.8) is 0 Å². The lowest BCUT2D eigenvalue weighted by atomic mass is 9.94. The lowest BCUT2D eigenvalue weighted by molar-refractivity contribution is -0.146. The number of hydrogen-bond donors (Lipinski definition) is 2. The van der Waals surface area contributed by atoms with Crippen molar-refractivity contribution in [1.29, 1.82) is 0 Å². The number of carbonyl (C=O) groups is 2. The molecule has 0 radical (unpaired) electrons. The summed E-state index contributed by atoms with van der Waals surface area (Å²) in [5.74, 6) is -0.935. The summed E-state index contributed by atoms with van der Waals surface area (Å²) in [5.41, 5.74) is -0.193. The first-order chi connectivity index (χ1) is 8.88. The van der Waals surface area contributed by atoms with Crippen molar-refractivity contribution in [2.24, 2.45) is 5.41 Å². The van der Waals surface area contributed by atoms with Crippen LogP contribution >= 0.6 is 0 Å². The van der Waals surface area contributed by atoms with Crippen LogP contribution in [0.15, 0.2) is 30.3 Å². The molecule has 0 spiro atoms. The zero-order chi connectivity index (χ0) is 14.5. The number of carboxylic acids is 1. The second kappa shape index (κ2) is 6.22. The molecule has 0 heterocycles. The van der Waals surface area contributed by atoms with Crippen molar-refractivity contribution in [3.8, 4) is 0 Å². The number of nitrogens with zero attached hydrogens (tertiary/aromatic N) is 1. The Balaban J connectivity index is 2.69. The molecule has 104 valence electrons. The predicted molar refractivity (Wildman–Crippen MR) is 74.3 cm³/mol. The minimum absolute atomic E-state index is 0.0878. The van der Waals surface area contributed by atoms with E-state index in [1.54, 1.807) is 18.7 Å². The van der Waals surface area contributed by atoms with Gasteiger partial charge in [-0.15, -0.1) is 0 Å². The highest BCUT2D eigenvalue weighted by Crippen LogP contribution is 2.15. The summed E-state index contributed by atoms with van der Waals surface area (Å²) in [6.07, 6.45) is 0. The molecule has 2 amide bonds. The van der Waals surface area contributed by atoms with Gasteiger partial charge in [0.05, 0.1) is 5.41 Å². The van der Waals surface area contributed by atoms with E-state index in [1.807, 2.05) is 37.3 Å². The molecule has 0 unspecified atom stereocenters. The van der Waals surface area contributed by atoms with Crippen LogP contribution in [0.5, 0.6) is 0 Å². The lowest BCUT2D eigenvalue weighted by Crippen LogP contribution is -2.45. The van der Waals surface area contributed by atoms with E-state index in [2.05, 4.69) is 5.32 Å². The molecule has 2 N–H and O–H groups in total. The Morgan fingerprint density at radius 3 is 2.32 bits per heavy atom. The summed E-state index contributed by atoms with van der Waals surface area (Å²) < 4.78 is 0. The molecule has 5 nitrogen and oxygen atoms in total. The fourth-order valence-electron chi connectivity index (χ4n) is 1.52. The molecule has 1 rings (SSSR count). The summed E-state index contributed by atoms with van der Waals surface area (Å²) in [6, 6.07) is 8.97. The average Bonchev–Trinajstić information content (AvgIpc) is 2.38. The Morgan fingerprint density at radius 1 is 1.26 bits per heavy atom. The van der Waals surface area contributed by atoms with Crippen LogP contribution in [0, 0.1) is 5.41 Å². The van der Waals surface area contributed by atoms with E-state index in [-0.39, 0.29) is 12.6 Å². The largest absolute Gasteiger partial charge is 0.481 e. The summed E-state index contributed by atoms with van der Waals surface area (Å²) >= 11 is 0. The number of hydrogen-bond acceptors (Lipinski definition) is 2. The molecule has 5 heteroatoms. The van der Waals surface area contributed by atoms with Crippen LogP contribution in [0.3, 0.4) is 0 Å². The minimum Gasteiger partial charge on any atom is -0.481 e. The number of para-hydroxylation sites is 1. The fraction of sp³-hybridized carbons (Fsp3) is 0.429. The minimum atomic E-state index is -0.980. The molecule has 0 aliphatic rings. The van der Waals surface area contributed by atoms with E-state index < -0.39 is 11.4 Å². The van der Waals surface area contributed by atoms with Gasteiger partial charge in [-0.25, -0.2) is 4.79 Å². The van der Waals surface area contributed by atoms with Crippen molar-refractivity contribution < 1.29 is 14.7 Å². The summed E-state index contributed by atoms with van der Waals surface area (Å²) in [5, 5.41) is 11.7. The van der Waals surface area contributed by atoms with Crippen LogP contribution in [-0.4, -0.2) is 30.2 Å². The van der Waals surface area contributed by atoms with Crippen LogP contribution in [0.1, 0.15) is 20.8 Å². The number of anilines is 1. The Hall–Kier alpha value is -2.04. The Labute approximate surface area is 113 Å². The first kappa shape index (κ1) is 15.0. The molecule has 1 aromatic rings. The molecule has 0 fully saturated rings. The van der Waals surface area contributed by atoms with Gasteiger partial charge in [0.1, 0.15) is 0 Å². The number of carboxylic acid groups (broad SMARTS) is 1. The van der Waals surface area contributed by atoms with Crippen molar-refractivity contribution in [2.75, 3.05) is 18.0 Å². The standard InChI is InChI=1S/C14H20N2O3/c1-4-16(11-8-6-5-7-9-11)13(19)15-10-14(2,3)12(17)18/h5-9H,4,10H2,1-3H3,(H,15,19)(H,17,18). The van der Waals surface area contributed by atoms with E-state index in [9.17, 15) is 9.59 Å². The first-order valence-electron chi connectivity index (χ1n) is 6.22. The third-order valence-electron chi connectivity index (χ3n) is 2.89. The number of rotatable bonds is 5. The van der Waals surface area contributed by atoms with Gasteiger partial charge >= 0.3 is 12.0 Å². The lowest BCUT2D eigenvalue weighted by Gasteiger charge is -2.25. The number of aliphatic carboxylic acids is 1. The maximum atomic E-state index is 12.1.